The molecule has 0 radical (unpaired) electrons. The highest BCUT2D eigenvalue weighted by Gasteiger charge is 2.35. The quantitative estimate of drug-likeness (QED) is 0.378. The Bertz CT molecular complexity index is 986. The van der Waals surface area contributed by atoms with Gasteiger partial charge in [0.15, 0.2) is 17.9 Å². The van der Waals surface area contributed by atoms with E-state index in [0.717, 1.165) is 57.3 Å². The van der Waals surface area contributed by atoms with E-state index in [1.54, 1.807) is 6.07 Å². The van der Waals surface area contributed by atoms with E-state index in [2.05, 4.69) is 11.7 Å². The van der Waals surface area contributed by atoms with Crippen molar-refractivity contribution in [3.63, 3.8) is 0 Å². The standard InChI is InChI=1S/C26H28F6O3/c1-2-3-15-13-33-25(34-14-15)17-6-4-16(5-7-17)18-8-9-20(21(27)10-18)19-11-22(28)24(23(29)12-19)35-26(30,31)32/h8-12,15-17,25H,2-7,13-14H2,1H3. The van der Waals surface area contributed by atoms with E-state index in [4.69, 9.17) is 9.47 Å². The van der Waals surface area contributed by atoms with Crippen LogP contribution in [-0.2, 0) is 9.47 Å². The van der Waals surface area contributed by atoms with Crippen LogP contribution in [0.2, 0.25) is 0 Å². The van der Waals surface area contributed by atoms with Crippen LogP contribution < -0.4 is 4.74 Å². The van der Waals surface area contributed by atoms with Gasteiger partial charge in [0.1, 0.15) is 5.82 Å². The Morgan fingerprint density at radius 3 is 2.06 bits per heavy atom. The molecule has 2 aliphatic rings. The van der Waals surface area contributed by atoms with Crippen LogP contribution in [-0.4, -0.2) is 25.9 Å². The fourth-order valence-electron chi connectivity index (χ4n) is 5.08. The van der Waals surface area contributed by atoms with Gasteiger partial charge in [0.05, 0.1) is 13.2 Å². The Morgan fingerprint density at radius 1 is 0.886 bits per heavy atom. The van der Waals surface area contributed by atoms with Gasteiger partial charge in [0.2, 0.25) is 5.75 Å². The topological polar surface area (TPSA) is 27.7 Å². The van der Waals surface area contributed by atoms with E-state index in [0.29, 0.717) is 24.0 Å². The summed E-state index contributed by atoms with van der Waals surface area (Å²) in [5, 5.41) is 0. The molecule has 2 aromatic rings. The molecule has 35 heavy (non-hydrogen) atoms. The molecule has 192 valence electrons. The molecule has 2 aromatic carbocycles. The van der Waals surface area contributed by atoms with Crippen LogP contribution >= 0.6 is 0 Å². The normalized spacial score (nSPS) is 25.5. The molecule has 0 aromatic heterocycles. The second kappa shape index (κ2) is 10.8. The molecule has 0 spiro atoms. The van der Waals surface area contributed by atoms with Crippen LogP contribution in [0.5, 0.6) is 5.75 Å². The monoisotopic (exact) mass is 502 g/mol. The molecule has 1 saturated heterocycles. The highest BCUT2D eigenvalue weighted by molar-refractivity contribution is 5.66. The summed E-state index contributed by atoms with van der Waals surface area (Å²) in [4.78, 5) is 0. The summed E-state index contributed by atoms with van der Waals surface area (Å²) in [7, 11) is 0. The Balaban J connectivity index is 1.40. The lowest BCUT2D eigenvalue weighted by atomic mass is 9.78. The largest absolute Gasteiger partial charge is 0.573 e. The van der Waals surface area contributed by atoms with E-state index >= 15 is 0 Å². The fraction of sp³-hybridized carbons (Fsp3) is 0.538. The number of hydrogen-bond donors (Lipinski definition) is 0. The summed E-state index contributed by atoms with van der Waals surface area (Å²) in [6.07, 6.45) is 0.174. The molecule has 1 heterocycles. The van der Waals surface area contributed by atoms with Crippen LogP contribution in [0.25, 0.3) is 11.1 Å². The molecular formula is C26H28F6O3. The lowest BCUT2D eigenvalue weighted by Crippen LogP contribution is -2.38. The van der Waals surface area contributed by atoms with Gasteiger partial charge in [-0.05, 0) is 67.3 Å². The minimum absolute atomic E-state index is 0.107. The van der Waals surface area contributed by atoms with Crippen molar-refractivity contribution in [1.29, 1.82) is 0 Å². The van der Waals surface area contributed by atoms with Crippen LogP contribution in [0.3, 0.4) is 0 Å². The predicted octanol–water partition coefficient (Wildman–Crippen LogP) is 7.73. The molecule has 1 saturated carbocycles. The van der Waals surface area contributed by atoms with Gasteiger partial charge in [-0.15, -0.1) is 13.2 Å². The Kier molecular flexibility index (Phi) is 7.96. The molecular weight excluding hydrogens is 474 g/mol. The number of rotatable bonds is 6. The number of halogens is 6. The minimum Gasteiger partial charge on any atom is -0.399 e. The summed E-state index contributed by atoms with van der Waals surface area (Å²) in [6, 6.07) is 5.68. The number of ether oxygens (including phenoxy) is 3. The Labute approximate surface area is 200 Å². The average molecular weight is 502 g/mol. The molecule has 2 fully saturated rings. The van der Waals surface area contributed by atoms with Gasteiger partial charge >= 0.3 is 6.36 Å². The third kappa shape index (κ3) is 6.30. The zero-order valence-corrected chi connectivity index (χ0v) is 19.3. The van der Waals surface area contributed by atoms with Gasteiger partial charge in [-0.2, -0.15) is 0 Å². The zero-order valence-electron chi connectivity index (χ0n) is 19.3. The van der Waals surface area contributed by atoms with Crippen molar-refractivity contribution >= 4 is 0 Å². The number of alkyl halides is 3. The SMILES string of the molecule is CCCC1COC(C2CCC(c3ccc(-c4cc(F)c(OC(F)(F)F)c(F)c4)c(F)c3)CC2)OC1. The Morgan fingerprint density at radius 2 is 1.51 bits per heavy atom. The predicted molar refractivity (Wildman–Crippen MR) is 117 cm³/mol. The van der Waals surface area contributed by atoms with Crippen molar-refractivity contribution in [2.45, 2.75) is 64.0 Å². The highest BCUT2D eigenvalue weighted by Crippen LogP contribution is 2.40. The van der Waals surface area contributed by atoms with Crippen molar-refractivity contribution in [2.24, 2.45) is 11.8 Å². The van der Waals surface area contributed by atoms with Crippen molar-refractivity contribution in [3.05, 3.63) is 53.3 Å². The third-order valence-electron chi connectivity index (χ3n) is 6.84. The van der Waals surface area contributed by atoms with Crippen molar-refractivity contribution in [3.8, 4) is 16.9 Å². The molecule has 0 amide bonds. The van der Waals surface area contributed by atoms with Gasteiger partial charge < -0.3 is 14.2 Å². The lowest BCUT2D eigenvalue weighted by molar-refractivity contribution is -0.276. The molecule has 9 heteroatoms. The van der Waals surface area contributed by atoms with E-state index in [1.807, 2.05) is 0 Å². The summed E-state index contributed by atoms with van der Waals surface area (Å²) in [5.41, 5.74) is 0.454. The van der Waals surface area contributed by atoms with Crippen LogP contribution in [0, 0.1) is 29.3 Å². The van der Waals surface area contributed by atoms with Crippen molar-refractivity contribution in [1.82, 2.24) is 0 Å². The van der Waals surface area contributed by atoms with Gasteiger partial charge in [0.25, 0.3) is 0 Å². The summed E-state index contributed by atoms with van der Waals surface area (Å²) in [6.45, 7) is 3.58. The molecule has 1 aliphatic carbocycles. The van der Waals surface area contributed by atoms with Crippen LogP contribution in [0.4, 0.5) is 26.3 Å². The highest BCUT2D eigenvalue weighted by atomic mass is 19.4. The molecule has 0 N–H and O–H groups in total. The summed E-state index contributed by atoms with van der Waals surface area (Å²) < 4.78 is 95.4. The lowest BCUT2D eigenvalue weighted by Gasteiger charge is -2.37. The first-order valence-corrected chi connectivity index (χ1v) is 11.9. The van der Waals surface area contributed by atoms with Crippen molar-refractivity contribution in [2.75, 3.05) is 13.2 Å². The average Bonchev–Trinajstić information content (AvgIpc) is 2.81. The first-order chi connectivity index (χ1) is 16.6. The summed E-state index contributed by atoms with van der Waals surface area (Å²) >= 11 is 0. The first kappa shape index (κ1) is 25.8. The van der Waals surface area contributed by atoms with E-state index in [-0.39, 0.29) is 23.3 Å². The second-order valence-electron chi connectivity index (χ2n) is 9.36. The van der Waals surface area contributed by atoms with E-state index in [9.17, 15) is 26.3 Å². The summed E-state index contributed by atoms with van der Waals surface area (Å²) in [5.74, 6) is -4.52. The van der Waals surface area contributed by atoms with Crippen LogP contribution in [0.1, 0.15) is 56.9 Å². The number of benzene rings is 2. The van der Waals surface area contributed by atoms with E-state index in [1.165, 1.54) is 12.1 Å². The number of hydrogen-bond acceptors (Lipinski definition) is 3. The van der Waals surface area contributed by atoms with Crippen LogP contribution in [0.15, 0.2) is 30.3 Å². The van der Waals surface area contributed by atoms with Gasteiger partial charge in [-0.3, -0.25) is 0 Å². The van der Waals surface area contributed by atoms with Crippen molar-refractivity contribution < 1.29 is 40.6 Å². The minimum atomic E-state index is -5.25. The molecule has 0 unspecified atom stereocenters. The molecule has 0 atom stereocenters. The molecule has 4 rings (SSSR count). The zero-order chi connectivity index (χ0) is 25.2. The third-order valence-corrected chi connectivity index (χ3v) is 6.84. The fourth-order valence-corrected chi connectivity index (χ4v) is 5.08. The van der Waals surface area contributed by atoms with Gasteiger partial charge in [0, 0.05) is 17.4 Å². The maximum absolute atomic E-state index is 14.9. The first-order valence-electron chi connectivity index (χ1n) is 11.9. The molecule has 3 nitrogen and oxygen atoms in total. The second-order valence-corrected chi connectivity index (χ2v) is 9.36. The van der Waals surface area contributed by atoms with Gasteiger partial charge in [-0.1, -0.05) is 25.5 Å². The molecule has 1 aliphatic heterocycles. The smallest absolute Gasteiger partial charge is 0.399 e. The maximum atomic E-state index is 14.9. The van der Waals surface area contributed by atoms with E-state index < -0.39 is 29.6 Å². The maximum Gasteiger partial charge on any atom is 0.573 e. The van der Waals surface area contributed by atoms with Gasteiger partial charge in [-0.25, -0.2) is 13.2 Å². The molecule has 0 bridgehead atoms. The Hall–Kier alpha value is -2.26.